The standard InChI is InChI=1S/C15H9F3N4O4/c16-15(17,18)13-2-1-9(7-19-13)21-10(3-4-20-21)8-5-11(22(25)26)14(24)12(23)6-8/h1-7,23-24H. The lowest BCUT2D eigenvalue weighted by Crippen LogP contribution is -2.08. The van der Waals surface area contributed by atoms with Crippen molar-refractivity contribution in [1.29, 1.82) is 0 Å². The van der Waals surface area contributed by atoms with Crippen LogP contribution in [-0.2, 0) is 6.18 Å². The Balaban J connectivity index is 2.09. The van der Waals surface area contributed by atoms with Crippen LogP contribution in [-0.4, -0.2) is 29.9 Å². The van der Waals surface area contributed by atoms with Crippen LogP contribution in [0.25, 0.3) is 16.9 Å². The fourth-order valence-electron chi connectivity index (χ4n) is 2.30. The van der Waals surface area contributed by atoms with Crippen LogP contribution >= 0.6 is 0 Å². The van der Waals surface area contributed by atoms with Gasteiger partial charge in [-0.1, -0.05) is 0 Å². The number of benzene rings is 1. The minimum absolute atomic E-state index is 0.129. The summed E-state index contributed by atoms with van der Waals surface area (Å²) in [5.74, 6) is -1.60. The predicted octanol–water partition coefficient (Wildman–Crippen LogP) is 3.27. The Morgan fingerprint density at radius 2 is 1.88 bits per heavy atom. The molecule has 0 atom stereocenters. The zero-order chi connectivity index (χ0) is 19.1. The molecule has 8 nitrogen and oxygen atoms in total. The lowest BCUT2D eigenvalue weighted by molar-refractivity contribution is -0.385. The Morgan fingerprint density at radius 3 is 2.46 bits per heavy atom. The van der Waals surface area contributed by atoms with Crippen LogP contribution in [0, 0.1) is 10.1 Å². The Bertz CT molecular complexity index is 984. The maximum atomic E-state index is 12.6. The number of hydrogen-bond donors (Lipinski definition) is 2. The molecule has 2 N–H and O–H groups in total. The molecule has 0 bridgehead atoms. The number of phenols is 2. The number of aromatic hydroxyl groups is 2. The molecular weight excluding hydrogens is 357 g/mol. The molecule has 11 heteroatoms. The molecule has 0 saturated heterocycles. The summed E-state index contributed by atoms with van der Waals surface area (Å²) in [7, 11) is 0. The summed E-state index contributed by atoms with van der Waals surface area (Å²) >= 11 is 0. The van der Waals surface area contributed by atoms with Crippen molar-refractivity contribution in [3.05, 3.63) is 58.5 Å². The molecule has 0 aliphatic rings. The van der Waals surface area contributed by atoms with Gasteiger partial charge < -0.3 is 10.2 Å². The molecular formula is C15H9F3N4O4. The van der Waals surface area contributed by atoms with E-state index in [-0.39, 0.29) is 16.9 Å². The monoisotopic (exact) mass is 366 g/mol. The van der Waals surface area contributed by atoms with E-state index in [2.05, 4.69) is 10.1 Å². The third-order valence-electron chi connectivity index (χ3n) is 3.49. The van der Waals surface area contributed by atoms with Crippen molar-refractivity contribution in [1.82, 2.24) is 14.8 Å². The van der Waals surface area contributed by atoms with E-state index in [9.17, 15) is 33.5 Å². The van der Waals surface area contributed by atoms with Gasteiger partial charge in [0.15, 0.2) is 5.75 Å². The molecule has 1 aromatic carbocycles. The molecule has 0 aliphatic heterocycles. The molecule has 26 heavy (non-hydrogen) atoms. The van der Waals surface area contributed by atoms with Crippen molar-refractivity contribution in [2.24, 2.45) is 0 Å². The van der Waals surface area contributed by atoms with Crippen LogP contribution < -0.4 is 0 Å². The second kappa shape index (κ2) is 6.02. The number of hydrogen-bond acceptors (Lipinski definition) is 6. The lowest BCUT2D eigenvalue weighted by Gasteiger charge is -2.10. The van der Waals surface area contributed by atoms with E-state index < -0.39 is 34.0 Å². The molecule has 2 heterocycles. The average Bonchev–Trinajstić information content (AvgIpc) is 3.06. The number of aromatic nitrogens is 3. The zero-order valence-corrected chi connectivity index (χ0v) is 12.7. The second-order valence-corrected chi connectivity index (χ2v) is 5.15. The van der Waals surface area contributed by atoms with E-state index in [1.807, 2.05) is 0 Å². The summed E-state index contributed by atoms with van der Waals surface area (Å²) in [6.45, 7) is 0. The number of halogens is 3. The third kappa shape index (κ3) is 3.01. The van der Waals surface area contributed by atoms with E-state index in [0.29, 0.717) is 0 Å². The van der Waals surface area contributed by atoms with Crippen molar-refractivity contribution in [3.8, 4) is 28.4 Å². The van der Waals surface area contributed by atoms with E-state index in [4.69, 9.17) is 0 Å². The topological polar surface area (TPSA) is 114 Å². The van der Waals surface area contributed by atoms with E-state index in [0.717, 1.165) is 30.5 Å². The Kier molecular flexibility index (Phi) is 3.98. The average molecular weight is 366 g/mol. The normalized spacial score (nSPS) is 11.5. The predicted molar refractivity (Wildman–Crippen MR) is 81.8 cm³/mol. The Labute approximate surface area is 142 Å². The number of nitro benzene ring substituents is 1. The SMILES string of the molecule is O=[N+]([O-])c1cc(-c2ccnn2-c2ccc(C(F)(F)F)nc2)cc(O)c1O. The number of phenolic OH excluding ortho intramolecular Hbond substituents is 2. The van der Waals surface area contributed by atoms with Crippen molar-refractivity contribution >= 4 is 5.69 Å². The summed E-state index contributed by atoms with van der Waals surface area (Å²) in [4.78, 5) is 13.4. The van der Waals surface area contributed by atoms with Gasteiger partial charge in [0.25, 0.3) is 0 Å². The summed E-state index contributed by atoms with van der Waals surface area (Å²) in [6, 6.07) is 5.44. The summed E-state index contributed by atoms with van der Waals surface area (Å²) < 4.78 is 39.0. The molecule has 0 aliphatic carbocycles. The number of nitrogens with zero attached hydrogens (tertiary/aromatic N) is 4. The highest BCUT2D eigenvalue weighted by Crippen LogP contribution is 2.39. The van der Waals surface area contributed by atoms with Gasteiger partial charge in [-0.2, -0.15) is 18.3 Å². The fraction of sp³-hybridized carbons (Fsp3) is 0.0667. The quantitative estimate of drug-likeness (QED) is 0.418. The van der Waals surface area contributed by atoms with Gasteiger partial charge in [0.05, 0.1) is 28.7 Å². The molecule has 3 rings (SSSR count). The van der Waals surface area contributed by atoms with Gasteiger partial charge in [-0.3, -0.25) is 10.1 Å². The van der Waals surface area contributed by atoms with Gasteiger partial charge in [0, 0.05) is 11.6 Å². The molecule has 0 radical (unpaired) electrons. The molecule has 2 aromatic heterocycles. The van der Waals surface area contributed by atoms with E-state index in [1.54, 1.807) is 0 Å². The minimum atomic E-state index is -4.59. The summed E-state index contributed by atoms with van der Waals surface area (Å²) in [5.41, 5.74) is -1.26. The zero-order valence-electron chi connectivity index (χ0n) is 12.7. The van der Waals surface area contributed by atoms with Crippen molar-refractivity contribution in [2.75, 3.05) is 0 Å². The first kappa shape index (κ1) is 17.2. The highest BCUT2D eigenvalue weighted by atomic mass is 19.4. The first-order valence-electron chi connectivity index (χ1n) is 6.97. The van der Waals surface area contributed by atoms with Gasteiger partial charge in [0.1, 0.15) is 5.69 Å². The second-order valence-electron chi connectivity index (χ2n) is 5.15. The van der Waals surface area contributed by atoms with Crippen LogP contribution in [0.2, 0.25) is 0 Å². The maximum Gasteiger partial charge on any atom is 0.433 e. The van der Waals surface area contributed by atoms with Crippen molar-refractivity contribution < 1.29 is 28.3 Å². The Morgan fingerprint density at radius 1 is 1.15 bits per heavy atom. The van der Waals surface area contributed by atoms with Crippen LogP contribution in [0.5, 0.6) is 11.5 Å². The highest BCUT2D eigenvalue weighted by Gasteiger charge is 2.32. The molecule has 0 spiro atoms. The first-order chi connectivity index (χ1) is 12.2. The number of nitro groups is 1. The van der Waals surface area contributed by atoms with Crippen LogP contribution in [0.4, 0.5) is 18.9 Å². The third-order valence-corrected chi connectivity index (χ3v) is 3.49. The molecule has 134 valence electrons. The van der Waals surface area contributed by atoms with Crippen LogP contribution in [0.15, 0.2) is 42.7 Å². The van der Waals surface area contributed by atoms with Gasteiger partial charge in [-0.05, 0) is 24.3 Å². The van der Waals surface area contributed by atoms with Gasteiger partial charge in [-0.15, -0.1) is 0 Å². The molecule has 0 saturated carbocycles. The lowest BCUT2D eigenvalue weighted by atomic mass is 10.1. The van der Waals surface area contributed by atoms with Crippen LogP contribution in [0.1, 0.15) is 5.69 Å². The first-order valence-corrected chi connectivity index (χ1v) is 6.97. The van der Waals surface area contributed by atoms with Crippen molar-refractivity contribution in [2.45, 2.75) is 6.18 Å². The number of pyridine rings is 1. The van der Waals surface area contributed by atoms with Crippen molar-refractivity contribution in [3.63, 3.8) is 0 Å². The number of rotatable bonds is 3. The van der Waals surface area contributed by atoms with Gasteiger partial charge in [-0.25, -0.2) is 9.67 Å². The fourth-order valence-corrected chi connectivity index (χ4v) is 2.30. The molecule has 0 fully saturated rings. The maximum absolute atomic E-state index is 12.6. The molecule has 3 aromatic rings. The number of alkyl halides is 3. The van der Waals surface area contributed by atoms with E-state index >= 15 is 0 Å². The summed E-state index contributed by atoms with van der Waals surface area (Å²) in [6.07, 6.45) is -2.31. The van der Waals surface area contributed by atoms with E-state index in [1.165, 1.54) is 16.9 Å². The van der Waals surface area contributed by atoms with Gasteiger partial charge >= 0.3 is 11.9 Å². The van der Waals surface area contributed by atoms with Crippen LogP contribution in [0.3, 0.4) is 0 Å². The van der Waals surface area contributed by atoms with Gasteiger partial charge in [0.2, 0.25) is 5.75 Å². The smallest absolute Gasteiger partial charge is 0.433 e. The highest BCUT2D eigenvalue weighted by molar-refractivity contribution is 5.71. The summed E-state index contributed by atoms with van der Waals surface area (Å²) in [5, 5.41) is 34.2. The largest absolute Gasteiger partial charge is 0.504 e. The molecule has 0 unspecified atom stereocenters. The minimum Gasteiger partial charge on any atom is -0.504 e. The Hall–Kier alpha value is -3.63. The molecule has 0 amide bonds.